The summed E-state index contributed by atoms with van der Waals surface area (Å²) in [6.07, 6.45) is 4.56. The van der Waals surface area contributed by atoms with E-state index in [0.29, 0.717) is 0 Å². The molecule has 60 valence electrons. The summed E-state index contributed by atoms with van der Waals surface area (Å²) in [5, 5.41) is 0. The van der Waals surface area contributed by atoms with Crippen LogP contribution >= 0.6 is 0 Å². The molecule has 0 aliphatic heterocycles. The minimum atomic E-state index is 0.945. The van der Waals surface area contributed by atoms with Gasteiger partial charge in [0.2, 0.25) is 0 Å². The second-order valence-electron chi connectivity index (χ2n) is 4.69. The molecule has 3 aliphatic carbocycles. The van der Waals surface area contributed by atoms with Crippen LogP contribution in [0.15, 0.2) is 11.1 Å². The number of allylic oxidation sites excluding steroid dienone is 2. The molecule has 11 heavy (non-hydrogen) atoms. The van der Waals surface area contributed by atoms with Gasteiger partial charge in [-0.2, -0.15) is 0 Å². The van der Waals surface area contributed by atoms with E-state index < -0.39 is 0 Å². The maximum absolute atomic E-state index is 2.42. The fraction of sp³-hybridized carbons (Fsp3) is 0.818. The maximum atomic E-state index is 2.42. The van der Waals surface area contributed by atoms with Crippen molar-refractivity contribution in [1.29, 1.82) is 0 Å². The summed E-state index contributed by atoms with van der Waals surface area (Å²) >= 11 is 0. The molecule has 0 radical (unpaired) electrons. The lowest BCUT2D eigenvalue weighted by Crippen LogP contribution is -2.30. The van der Waals surface area contributed by atoms with Gasteiger partial charge in [0.15, 0.2) is 0 Å². The van der Waals surface area contributed by atoms with Gasteiger partial charge in [-0.1, -0.05) is 25.0 Å². The van der Waals surface area contributed by atoms with Crippen LogP contribution in [0.3, 0.4) is 0 Å². The standard InChI is InChI=1S/C11H16/c1-6-7(2)11-9-4-3-8(5-9)10(6)11/h6-9H,3-5H2,1-2H3/t6-,7+,8-,9+. The van der Waals surface area contributed by atoms with Crippen LogP contribution in [0.5, 0.6) is 0 Å². The fourth-order valence-electron chi connectivity index (χ4n) is 3.73. The van der Waals surface area contributed by atoms with Crippen molar-refractivity contribution in [2.45, 2.75) is 33.1 Å². The van der Waals surface area contributed by atoms with Gasteiger partial charge in [0.05, 0.1) is 0 Å². The van der Waals surface area contributed by atoms with Crippen LogP contribution in [0.25, 0.3) is 0 Å². The molecule has 4 atom stereocenters. The number of rotatable bonds is 0. The fourth-order valence-corrected chi connectivity index (χ4v) is 3.73. The molecule has 3 rings (SSSR count). The lowest BCUT2D eigenvalue weighted by atomic mass is 9.64. The molecule has 1 saturated carbocycles. The van der Waals surface area contributed by atoms with E-state index in [4.69, 9.17) is 0 Å². The zero-order valence-corrected chi connectivity index (χ0v) is 7.43. The molecule has 0 heterocycles. The number of hydrogen-bond acceptors (Lipinski definition) is 0. The average molecular weight is 148 g/mol. The summed E-state index contributed by atoms with van der Waals surface area (Å²) in [6.45, 7) is 4.84. The molecule has 0 heteroatoms. The van der Waals surface area contributed by atoms with E-state index in [0.717, 1.165) is 23.7 Å². The van der Waals surface area contributed by atoms with Gasteiger partial charge >= 0.3 is 0 Å². The summed E-state index contributed by atoms with van der Waals surface area (Å²) in [7, 11) is 0. The van der Waals surface area contributed by atoms with Gasteiger partial charge in [-0.25, -0.2) is 0 Å². The zero-order valence-electron chi connectivity index (χ0n) is 7.43. The highest BCUT2D eigenvalue weighted by molar-refractivity contribution is 5.41. The van der Waals surface area contributed by atoms with Crippen molar-refractivity contribution >= 4 is 0 Å². The van der Waals surface area contributed by atoms with Gasteiger partial charge in [0.25, 0.3) is 0 Å². The second-order valence-corrected chi connectivity index (χ2v) is 4.69. The molecule has 0 unspecified atom stereocenters. The van der Waals surface area contributed by atoms with Gasteiger partial charge in [0.1, 0.15) is 0 Å². The van der Waals surface area contributed by atoms with E-state index in [1.165, 1.54) is 19.3 Å². The monoisotopic (exact) mass is 148 g/mol. The van der Waals surface area contributed by atoms with Crippen LogP contribution in [0.2, 0.25) is 0 Å². The van der Waals surface area contributed by atoms with Crippen molar-refractivity contribution < 1.29 is 0 Å². The Balaban J connectivity index is 2.06. The van der Waals surface area contributed by atoms with Crippen molar-refractivity contribution in [3.05, 3.63) is 11.1 Å². The van der Waals surface area contributed by atoms with Gasteiger partial charge in [-0.15, -0.1) is 0 Å². The molecule has 0 spiro atoms. The van der Waals surface area contributed by atoms with Gasteiger partial charge < -0.3 is 0 Å². The van der Waals surface area contributed by atoms with E-state index >= 15 is 0 Å². The normalized spacial score (nSPS) is 52.9. The predicted molar refractivity (Wildman–Crippen MR) is 46.2 cm³/mol. The molecule has 0 aromatic carbocycles. The smallest absolute Gasteiger partial charge is 0.0163 e. The van der Waals surface area contributed by atoms with Gasteiger partial charge in [-0.3, -0.25) is 0 Å². The molecule has 0 saturated heterocycles. The second kappa shape index (κ2) is 1.73. The van der Waals surface area contributed by atoms with Crippen LogP contribution in [-0.4, -0.2) is 0 Å². The Bertz CT molecular complexity index is 212. The minimum absolute atomic E-state index is 0.945. The molecular formula is C11H16. The third-order valence-electron chi connectivity index (χ3n) is 4.38. The largest absolute Gasteiger partial charge is 0.0639 e. The average Bonchev–Trinajstić information content (AvgIpc) is 2.58. The molecule has 3 aliphatic rings. The molecular weight excluding hydrogens is 132 g/mol. The first-order valence-electron chi connectivity index (χ1n) is 5.03. The van der Waals surface area contributed by atoms with E-state index in [2.05, 4.69) is 13.8 Å². The first kappa shape index (κ1) is 6.28. The summed E-state index contributed by atoms with van der Waals surface area (Å²) in [6, 6.07) is 0. The topological polar surface area (TPSA) is 0 Å². The van der Waals surface area contributed by atoms with Gasteiger partial charge in [0, 0.05) is 0 Å². The SMILES string of the molecule is C[C@@H]1C2=C([C@@H]3CC[C@H]2C3)[C@@H]1C. The Morgan fingerprint density at radius 3 is 1.82 bits per heavy atom. The Morgan fingerprint density at radius 1 is 0.909 bits per heavy atom. The van der Waals surface area contributed by atoms with Crippen molar-refractivity contribution in [3.8, 4) is 0 Å². The van der Waals surface area contributed by atoms with Crippen LogP contribution in [0.4, 0.5) is 0 Å². The first-order chi connectivity index (χ1) is 5.29. The van der Waals surface area contributed by atoms with Crippen molar-refractivity contribution in [2.24, 2.45) is 23.7 Å². The molecule has 0 aromatic rings. The summed E-state index contributed by atoms with van der Waals surface area (Å²) in [4.78, 5) is 0. The first-order valence-corrected chi connectivity index (χ1v) is 5.03. The highest BCUT2D eigenvalue weighted by atomic mass is 14.5. The van der Waals surface area contributed by atoms with Gasteiger partial charge in [-0.05, 0) is 42.9 Å². The Hall–Kier alpha value is -0.260. The van der Waals surface area contributed by atoms with Crippen LogP contribution < -0.4 is 0 Å². The molecule has 2 bridgehead atoms. The van der Waals surface area contributed by atoms with E-state index in [1.54, 1.807) is 0 Å². The van der Waals surface area contributed by atoms with Crippen LogP contribution in [0.1, 0.15) is 33.1 Å². The predicted octanol–water partition coefficient (Wildman–Crippen LogP) is 3.00. The van der Waals surface area contributed by atoms with Crippen LogP contribution in [-0.2, 0) is 0 Å². The molecule has 0 amide bonds. The molecule has 1 fully saturated rings. The highest BCUT2D eigenvalue weighted by Gasteiger charge is 2.49. The Kier molecular flexibility index (Phi) is 0.987. The maximum Gasteiger partial charge on any atom is -0.0163 e. The van der Waals surface area contributed by atoms with Crippen molar-refractivity contribution in [1.82, 2.24) is 0 Å². The van der Waals surface area contributed by atoms with Crippen molar-refractivity contribution in [2.75, 3.05) is 0 Å². The quantitative estimate of drug-likeness (QED) is 0.463. The summed E-state index contributed by atoms with van der Waals surface area (Å²) in [5.41, 5.74) is 3.79. The molecule has 0 N–H and O–H groups in total. The zero-order chi connectivity index (χ0) is 7.59. The lowest BCUT2D eigenvalue weighted by Gasteiger charge is -2.41. The van der Waals surface area contributed by atoms with E-state index in [1.807, 2.05) is 11.1 Å². The third kappa shape index (κ3) is 0.544. The lowest BCUT2D eigenvalue weighted by molar-refractivity contribution is 0.354. The highest BCUT2D eigenvalue weighted by Crippen LogP contribution is 2.61. The summed E-state index contributed by atoms with van der Waals surface area (Å²) in [5.74, 6) is 3.97. The molecule has 0 nitrogen and oxygen atoms in total. The number of fused-ring (bicyclic) bond motifs is 4. The Labute approximate surface area is 68.7 Å². The summed E-state index contributed by atoms with van der Waals surface area (Å²) < 4.78 is 0. The number of hydrogen-bond donors (Lipinski definition) is 0. The van der Waals surface area contributed by atoms with Crippen LogP contribution in [0, 0.1) is 23.7 Å². The van der Waals surface area contributed by atoms with Crippen molar-refractivity contribution in [3.63, 3.8) is 0 Å². The Morgan fingerprint density at radius 2 is 1.36 bits per heavy atom. The third-order valence-corrected chi connectivity index (χ3v) is 4.38. The minimum Gasteiger partial charge on any atom is -0.0639 e. The van der Waals surface area contributed by atoms with E-state index in [-0.39, 0.29) is 0 Å². The molecule has 0 aromatic heterocycles. The van der Waals surface area contributed by atoms with E-state index in [9.17, 15) is 0 Å².